The Bertz CT molecular complexity index is 347. The van der Waals surface area contributed by atoms with Crippen LogP contribution in [0.15, 0.2) is 24.3 Å². The Labute approximate surface area is 112 Å². The summed E-state index contributed by atoms with van der Waals surface area (Å²) < 4.78 is 0. The second kappa shape index (κ2) is 7.42. The summed E-state index contributed by atoms with van der Waals surface area (Å²) in [6, 6.07) is 9.17. The maximum Gasteiger partial charge on any atom is 0.0408 e. The van der Waals surface area contributed by atoms with E-state index in [1.165, 1.54) is 11.3 Å². The minimum atomic E-state index is 0.560. The lowest BCUT2D eigenvalue weighted by Gasteiger charge is -2.31. The summed E-state index contributed by atoms with van der Waals surface area (Å²) in [5, 5.41) is 3.56. The average Bonchev–Trinajstić information content (AvgIpc) is 2.34. The van der Waals surface area contributed by atoms with Gasteiger partial charge in [-0.3, -0.25) is 0 Å². The monoisotopic (exact) mass is 248 g/mol. The topological polar surface area (TPSA) is 15.3 Å². The number of nitrogens with zero attached hydrogens (tertiary/aromatic N) is 1. The lowest BCUT2D eigenvalue weighted by molar-refractivity contribution is 0.495. The highest BCUT2D eigenvalue weighted by molar-refractivity contribution is 5.53. The van der Waals surface area contributed by atoms with Gasteiger partial charge in [0, 0.05) is 25.3 Å². The van der Waals surface area contributed by atoms with Crippen LogP contribution in [0.5, 0.6) is 0 Å². The van der Waals surface area contributed by atoms with Crippen LogP contribution in [0.1, 0.15) is 32.8 Å². The first kappa shape index (κ1) is 15.0. The first-order valence-electron chi connectivity index (χ1n) is 7.05. The Hall–Kier alpha value is -1.02. The molecule has 1 atom stereocenters. The van der Waals surface area contributed by atoms with Crippen LogP contribution in [-0.4, -0.2) is 26.2 Å². The molecular weight excluding hydrogens is 220 g/mol. The minimum absolute atomic E-state index is 0.560. The lowest BCUT2D eigenvalue weighted by atomic mass is 10.1. The molecule has 18 heavy (non-hydrogen) atoms. The highest BCUT2D eigenvalue weighted by Gasteiger charge is 2.14. The molecule has 1 aromatic rings. The average molecular weight is 248 g/mol. The van der Waals surface area contributed by atoms with Crippen molar-refractivity contribution in [1.29, 1.82) is 0 Å². The second-order valence-electron chi connectivity index (χ2n) is 5.51. The predicted molar refractivity (Wildman–Crippen MR) is 81.4 cm³/mol. The fourth-order valence-corrected chi connectivity index (χ4v) is 2.25. The van der Waals surface area contributed by atoms with Crippen molar-refractivity contribution in [3.63, 3.8) is 0 Å². The van der Waals surface area contributed by atoms with Crippen LogP contribution >= 0.6 is 0 Å². The molecule has 0 aromatic heterocycles. The first-order chi connectivity index (χ1) is 8.56. The maximum absolute atomic E-state index is 3.56. The van der Waals surface area contributed by atoms with Crippen LogP contribution in [0.4, 0.5) is 5.69 Å². The number of likely N-dealkylation sites (N-methyl/N-ethyl adjacent to an activating group) is 1. The van der Waals surface area contributed by atoms with Gasteiger partial charge in [-0.15, -0.1) is 0 Å². The molecule has 1 unspecified atom stereocenters. The SMILES string of the molecule is CCC(CNCC(C)C)N(C)c1ccccc1C. The number of para-hydroxylation sites is 1. The molecule has 0 spiro atoms. The van der Waals surface area contributed by atoms with E-state index in [0.29, 0.717) is 12.0 Å². The van der Waals surface area contributed by atoms with E-state index in [-0.39, 0.29) is 0 Å². The van der Waals surface area contributed by atoms with Crippen LogP contribution in [0, 0.1) is 12.8 Å². The normalized spacial score (nSPS) is 12.8. The van der Waals surface area contributed by atoms with Crippen molar-refractivity contribution in [2.75, 3.05) is 25.0 Å². The molecule has 0 radical (unpaired) electrons. The molecule has 2 heteroatoms. The van der Waals surface area contributed by atoms with Crippen LogP contribution in [0.2, 0.25) is 0 Å². The number of hydrogen-bond donors (Lipinski definition) is 1. The van der Waals surface area contributed by atoms with E-state index in [0.717, 1.165) is 19.5 Å². The largest absolute Gasteiger partial charge is 0.370 e. The fraction of sp³-hybridized carbons (Fsp3) is 0.625. The molecule has 0 saturated carbocycles. The number of benzene rings is 1. The van der Waals surface area contributed by atoms with E-state index in [1.54, 1.807) is 0 Å². The van der Waals surface area contributed by atoms with Gasteiger partial charge < -0.3 is 10.2 Å². The molecule has 0 bridgehead atoms. The predicted octanol–water partition coefficient (Wildman–Crippen LogP) is 3.46. The zero-order valence-corrected chi connectivity index (χ0v) is 12.5. The van der Waals surface area contributed by atoms with E-state index in [1.807, 2.05) is 0 Å². The van der Waals surface area contributed by atoms with Crippen molar-refractivity contribution in [2.24, 2.45) is 5.92 Å². The van der Waals surface area contributed by atoms with Gasteiger partial charge in [0.15, 0.2) is 0 Å². The molecule has 0 aliphatic heterocycles. The summed E-state index contributed by atoms with van der Waals surface area (Å²) in [5.74, 6) is 0.714. The van der Waals surface area contributed by atoms with E-state index in [9.17, 15) is 0 Å². The van der Waals surface area contributed by atoms with Gasteiger partial charge in [-0.05, 0) is 37.4 Å². The summed E-state index contributed by atoms with van der Waals surface area (Å²) in [5.41, 5.74) is 2.69. The Balaban J connectivity index is 2.62. The molecule has 1 N–H and O–H groups in total. The molecule has 0 saturated heterocycles. The Kier molecular flexibility index (Phi) is 6.20. The fourth-order valence-electron chi connectivity index (χ4n) is 2.25. The Morgan fingerprint density at radius 1 is 1.17 bits per heavy atom. The smallest absolute Gasteiger partial charge is 0.0408 e. The van der Waals surface area contributed by atoms with E-state index in [2.05, 4.69) is 69.2 Å². The van der Waals surface area contributed by atoms with E-state index < -0.39 is 0 Å². The highest BCUT2D eigenvalue weighted by atomic mass is 15.2. The molecule has 0 amide bonds. The van der Waals surface area contributed by atoms with Gasteiger partial charge in [-0.1, -0.05) is 39.0 Å². The third kappa shape index (κ3) is 4.34. The molecule has 0 aliphatic carbocycles. The summed E-state index contributed by atoms with van der Waals surface area (Å²) in [7, 11) is 2.20. The summed E-state index contributed by atoms with van der Waals surface area (Å²) in [6.45, 7) is 11.1. The molecule has 0 heterocycles. The lowest BCUT2D eigenvalue weighted by Crippen LogP contribution is -2.41. The highest BCUT2D eigenvalue weighted by Crippen LogP contribution is 2.20. The summed E-state index contributed by atoms with van der Waals surface area (Å²) >= 11 is 0. The maximum atomic E-state index is 3.56. The van der Waals surface area contributed by atoms with Gasteiger partial charge >= 0.3 is 0 Å². The number of hydrogen-bond acceptors (Lipinski definition) is 2. The molecule has 1 rings (SSSR count). The quantitative estimate of drug-likeness (QED) is 0.795. The van der Waals surface area contributed by atoms with Crippen LogP contribution in [0.25, 0.3) is 0 Å². The van der Waals surface area contributed by atoms with Crippen LogP contribution in [-0.2, 0) is 0 Å². The number of nitrogens with one attached hydrogen (secondary N) is 1. The van der Waals surface area contributed by atoms with Crippen molar-refractivity contribution >= 4 is 5.69 Å². The molecular formula is C16H28N2. The molecule has 1 aromatic carbocycles. The van der Waals surface area contributed by atoms with Crippen molar-refractivity contribution in [1.82, 2.24) is 5.32 Å². The number of aryl methyl sites for hydroxylation is 1. The van der Waals surface area contributed by atoms with Gasteiger partial charge in [-0.2, -0.15) is 0 Å². The number of anilines is 1. The van der Waals surface area contributed by atoms with Gasteiger partial charge in [0.25, 0.3) is 0 Å². The zero-order chi connectivity index (χ0) is 13.5. The minimum Gasteiger partial charge on any atom is -0.370 e. The van der Waals surface area contributed by atoms with Crippen molar-refractivity contribution in [2.45, 2.75) is 40.2 Å². The van der Waals surface area contributed by atoms with Gasteiger partial charge in [0.2, 0.25) is 0 Å². The summed E-state index contributed by atoms with van der Waals surface area (Å²) in [4.78, 5) is 2.41. The molecule has 2 nitrogen and oxygen atoms in total. The standard InChI is InChI=1S/C16H28N2/c1-6-15(12-17-11-13(2)3)18(5)16-10-8-7-9-14(16)4/h7-10,13,15,17H,6,11-12H2,1-5H3. The van der Waals surface area contributed by atoms with Gasteiger partial charge in [0.05, 0.1) is 0 Å². The number of rotatable bonds is 7. The third-order valence-electron chi connectivity index (χ3n) is 3.45. The third-order valence-corrected chi connectivity index (χ3v) is 3.45. The molecule has 0 aliphatic rings. The Morgan fingerprint density at radius 2 is 1.83 bits per heavy atom. The second-order valence-corrected chi connectivity index (χ2v) is 5.51. The van der Waals surface area contributed by atoms with Gasteiger partial charge in [0.1, 0.15) is 0 Å². The first-order valence-corrected chi connectivity index (χ1v) is 7.05. The Morgan fingerprint density at radius 3 is 2.39 bits per heavy atom. The van der Waals surface area contributed by atoms with Crippen LogP contribution < -0.4 is 10.2 Å². The molecule has 0 fully saturated rings. The van der Waals surface area contributed by atoms with Crippen molar-refractivity contribution in [3.8, 4) is 0 Å². The molecule has 102 valence electrons. The van der Waals surface area contributed by atoms with E-state index >= 15 is 0 Å². The summed E-state index contributed by atoms with van der Waals surface area (Å²) in [6.07, 6.45) is 1.16. The van der Waals surface area contributed by atoms with E-state index in [4.69, 9.17) is 0 Å². The zero-order valence-electron chi connectivity index (χ0n) is 12.5. The van der Waals surface area contributed by atoms with Gasteiger partial charge in [-0.25, -0.2) is 0 Å². The van der Waals surface area contributed by atoms with Crippen LogP contribution in [0.3, 0.4) is 0 Å². The van der Waals surface area contributed by atoms with Crippen molar-refractivity contribution < 1.29 is 0 Å². The van der Waals surface area contributed by atoms with Crippen molar-refractivity contribution in [3.05, 3.63) is 29.8 Å².